The molecular weight excluding hydrogens is 702 g/mol. The van der Waals surface area contributed by atoms with Crippen molar-refractivity contribution in [2.75, 3.05) is 0 Å². The van der Waals surface area contributed by atoms with Crippen molar-refractivity contribution in [1.29, 1.82) is 0 Å². The molecule has 4 nitrogen and oxygen atoms in total. The van der Waals surface area contributed by atoms with E-state index in [1.165, 1.54) is 0 Å². The van der Waals surface area contributed by atoms with E-state index in [1.54, 1.807) is 0 Å². The van der Waals surface area contributed by atoms with Crippen molar-refractivity contribution in [2.24, 2.45) is 0 Å². The lowest BCUT2D eigenvalue weighted by Crippen LogP contribution is -2.25. The lowest BCUT2D eigenvalue weighted by molar-refractivity contribution is 0.592. The van der Waals surface area contributed by atoms with Crippen molar-refractivity contribution >= 4 is 55.5 Å². The van der Waals surface area contributed by atoms with E-state index in [0.717, 1.165) is 87.7 Å². The Bertz CT molecular complexity index is 3000. The predicted molar refractivity (Wildman–Crippen MR) is 233 cm³/mol. The van der Waals surface area contributed by atoms with Crippen molar-refractivity contribution in [3.63, 3.8) is 0 Å². The summed E-state index contributed by atoms with van der Waals surface area (Å²) in [5.41, 5.74) is 7.23. The average molecular weight is 736 g/mol. The summed E-state index contributed by atoms with van der Waals surface area (Å²) in [7, 11) is -3.24. The lowest BCUT2D eigenvalue weighted by atomic mass is 9.91. The van der Waals surface area contributed by atoms with E-state index in [1.807, 2.05) is 115 Å². The van der Waals surface area contributed by atoms with Crippen molar-refractivity contribution in [3.8, 4) is 45.2 Å². The topological polar surface area (TPSA) is 55.7 Å². The van der Waals surface area contributed by atoms with Gasteiger partial charge in [-0.05, 0) is 35.0 Å². The molecule has 0 bridgehead atoms. The number of hydrogen-bond donors (Lipinski definition) is 0. The van der Waals surface area contributed by atoms with Gasteiger partial charge in [-0.3, -0.25) is 0 Å². The van der Waals surface area contributed by atoms with Crippen LogP contribution < -0.4 is 15.9 Å². The minimum Gasteiger partial charge on any atom is -0.309 e. The van der Waals surface area contributed by atoms with Crippen molar-refractivity contribution in [3.05, 3.63) is 206 Å². The Kier molecular flexibility index (Phi) is 8.40. The second-order valence-corrected chi connectivity index (χ2v) is 16.7. The Morgan fingerprint density at radius 2 is 0.875 bits per heavy atom. The van der Waals surface area contributed by atoms with E-state index in [0.29, 0.717) is 5.82 Å². The highest BCUT2D eigenvalue weighted by molar-refractivity contribution is 7.85. The molecule has 0 unspecified atom stereocenters. The van der Waals surface area contributed by atoms with Crippen LogP contribution in [-0.4, -0.2) is 15.0 Å². The first-order valence-electron chi connectivity index (χ1n) is 18.7. The van der Waals surface area contributed by atoms with Crippen LogP contribution in [0.25, 0.3) is 77.6 Å². The van der Waals surface area contributed by atoms with Gasteiger partial charge in [0.15, 0.2) is 13.0 Å². The molecule has 0 fully saturated rings. The molecule has 2 heterocycles. The molecule has 0 aliphatic heterocycles. The van der Waals surface area contributed by atoms with Gasteiger partial charge in [0, 0.05) is 54.3 Å². The van der Waals surface area contributed by atoms with Gasteiger partial charge in [-0.1, -0.05) is 182 Å². The Morgan fingerprint density at radius 3 is 1.55 bits per heavy atom. The first-order chi connectivity index (χ1) is 27.6. The molecule has 0 aliphatic rings. The van der Waals surface area contributed by atoms with E-state index in [9.17, 15) is 0 Å². The van der Waals surface area contributed by atoms with Gasteiger partial charge in [0.25, 0.3) is 0 Å². The monoisotopic (exact) mass is 735 g/mol. The summed E-state index contributed by atoms with van der Waals surface area (Å²) >= 11 is 0. The third-order valence-electron chi connectivity index (χ3n) is 10.5. The molecule has 8 aromatic carbocycles. The number of benzene rings is 8. The molecule has 0 radical (unpaired) electrons. The van der Waals surface area contributed by atoms with Gasteiger partial charge in [0.05, 0.1) is 22.6 Å². The highest BCUT2D eigenvalue weighted by Gasteiger charge is 2.30. The van der Waals surface area contributed by atoms with Crippen LogP contribution in [0, 0.1) is 0 Å². The molecule has 0 saturated carbocycles. The van der Waals surface area contributed by atoms with Crippen LogP contribution in [0.5, 0.6) is 0 Å². The Hall–Kier alpha value is -7.00. The smallest absolute Gasteiger partial charge is 0.171 e. The maximum absolute atomic E-state index is 15.6. The third-order valence-corrected chi connectivity index (χ3v) is 13.6. The van der Waals surface area contributed by atoms with Gasteiger partial charge in [0.1, 0.15) is 0 Å². The number of pyridine rings is 1. The second-order valence-electron chi connectivity index (χ2n) is 13.9. The molecule has 264 valence electrons. The van der Waals surface area contributed by atoms with Crippen LogP contribution in [0.15, 0.2) is 206 Å². The average Bonchev–Trinajstić information content (AvgIpc) is 3.29. The maximum atomic E-state index is 15.6. The first kappa shape index (κ1) is 33.6. The van der Waals surface area contributed by atoms with Crippen molar-refractivity contribution in [2.45, 2.75) is 0 Å². The molecule has 0 amide bonds. The standard InChI is InChI=1S/C51H34N3OP/c55-56(38-23-9-3-10-24-38,39-25-11-4-12-26-39)40-27-17-22-37(32-40)50-45-33-44(41-28-13-14-29-42(41)49(45)43-30-15-16-31-46(43)52-50)48-34-47(35-18-5-1-6-19-35)53-51(54-48)36-20-7-2-8-21-36/h1-34H. The summed E-state index contributed by atoms with van der Waals surface area (Å²) in [6, 6.07) is 69.5. The van der Waals surface area contributed by atoms with Gasteiger partial charge in [-0.15, -0.1) is 0 Å². The third kappa shape index (κ3) is 5.80. The summed E-state index contributed by atoms with van der Waals surface area (Å²) in [6.07, 6.45) is 0. The van der Waals surface area contributed by atoms with Crippen LogP contribution in [0.3, 0.4) is 0 Å². The van der Waals surface area contributed by atoms with Crippen LogP contribution in [0.1, 0.15) is 0 Å². The number of rotatable bonds is 7. The molecule has 0 spiro atoms. The number of nitrogens with zero attached hydrogens (tertiary/aromatic N) is 3. The first-order valence-corrected chi connectivity index (χ1v) is 20.4. The van der Waals surface area contributed by atoms with E-state index in [-0.39, 0.29) is 0 Å². The molecule has 56 heavy (non-hydrogen) atoms. The molecule has 5 heteroatoms. The number of aromatic nitrogens is 3. The zero-order valence-electron chi connectivity index (χ0n) is 30.3. The van der Waals surface area contributed by atoms with E-state index in [4.69, 9.17) is 15.0 Å². The molecule has 0 aliphatic carbocycles. The SMILES string of the molecule is O=P(c1ccccc1)(c1ccccc1)c1cccc(-c2nc3ccccc3c3c2cc(-c2cc(-c4ccccc4)nc(-c4ccccc4)n2)c2ccccc23)c1. The zero-order chi connectivity index (χ0) is 37.5. The summed E-state index contributed by atoms with van der Waals surface area (Å²) in [5.74, 6) is 0.660. The zero-order valence-corrected chi connectivity index (χ0v) is 31.2. The van der Waals surface area contributed by atoms with Crippen LogP contribution in [-0.2, 0) is 4.57 Å². The number of para-hydroxylation sites is 1. The highest BCUT2D eigenvalue weighted by atomic mass is 31.2. The Labute approximate surface area is 325 Å². The number of hydrogen-bond acceptors (Lipinski definition) is 4. The second kappa shape index (κ2) is 14.0. The minimum absolute atomic E-state index is 0.660. The fraction of sp³-hybridized carbons (Fsp3) is 0. The molecule has 10 rings (SSSR count). The highest BCUT2D eigenvalue weighted by Crippen LogP contribution is 2.45. The predicted octanol–water partition coefficient (Wildman–Crippen LogP) is 11.6. The minimum atomic E-state index is -3.24. The normalized spacial score (nSPS) is 11.6. The molecule has 2 aromatic heterocycles. The Morgan fingerprint density at radius 1 is 0.357 bits per heavy atom. The van der Waals surface area contributed by atoms with Crippen LogP contribution in [0.2, 0.25) is 0 Å². The van der Waals surface area contributed by atoms with Crippen LogP contribution >= 0.6 is 7.14 Å². The number of fused-ring (bicyclic) bond motifs is 5. The van der Waals surface area contributed by atoms with Crippen LogP contribution in [0.4, 0.5) is 0 Å². The maximum Gasteiger partial charge on any atom is 0.171 e. The summed E-state index contributed by atoms with van der Waals surface area (Å²) in [6.45, 7) is 0. The van der Waals surface area contributed by atoms with E-state index < -0.39 is 7.14 Å². The summed E-state index contributed by atoms with van der Waals surface area (Å²) < 4.78 is 15.6. The fourth-order valence-electron chi connectivity index (χ4n) is 7.88. The molecule has 0 atom stereocenters. The molecular formula is C51H34N3OP. The Balaban J connectivity index is 1.27. The van der Waals surface area contributed by atoms with Crippen molar-refractivity contribution < 1.29 is 4.57 Å². The van der Waals surface area contributed by atoms with Gasteiger partial charge in [0.2, 0.25) is 0 Å². The molecule has 0 N–H and O–H groups in total. The van der Waals surface area contributed by atoms with Gasteiger partial charge < -0.3 is 4.57 Å². The van der Waals surface area contributed by atoms with Gasteiger partial charge in [-0.2, -0.15) is 0 Å². The molecule has 0 saturated heterocycles. The molecule has 10 aromatic rings. The van der Waals surface area contributed by atoms with E-state index >= 15 is 4.57 Å². The van der Waals surface area contributed by atoms with Crippen molar-refractivity contribution in [1.82, 2.24) is 15.0 Å². The lowest BCUT2D eigenvalue weighted by Gasteiger charge is -2.21. The quantitative estimate of drug-likeness (QED) is 0.121. The largest absolute Gasteiger partial charge is 0.309 e. The van der Waals surface area contributed by atoms with E-state index in [2.05, 4.69) is 91.0 Å². The summed E-state index contributed by atoms with van der Waals surface area (Å²) in [4.78, 5) is 15.7. The van der Waals surface area contributed by atoms with Gasteiger partial charge in [-0.25, -0.2) is 15.0 Å². The van der Waals surface area contributed by atoms with Gasteiger partial charge >= 0.3 is 0 Å². The summed E-state index contributed by atoms with van der Waals surface area (Å²) in [5, 5.41) is 7.71. The fourth-order valence-corrected chi connectivity index (χ4v) is 10.6.